The highest BCUT2D eigenvalue weighted by Gasteiger charge is 2.01. The minimum atomic E-state index is -0.190. The van der Waals surface area contributed by atoms with E-state index in [0.717, 1.165) is 10.0 Å². The lowest BCUT2D eigenvalue weighted by Crippen LogP contribution is -2.36. The van der Waals surface area contributed by atoms with Crippen molar-refractivity contribution in [3.8, 4) is 0 Å². The molecule has 1 amide bonds. The zero-order valence-electron chi connectivity index (χ0n) is 8.42. The second kappa shape index (κ2) is 6.55. The van der Waals surface area contributed by atoms with Gasteiger partial charge in [-0.2, -0.15) is 0 Å². The first-order chi connectivity index (χ1) is 7.24. The summed E-state index contributed by atoms with van der Waals surface area (Å²) in [7, 11) is 1.63. The molecule has 82 valence electrons. The van der Waals surface area contributed by atoms with Crippen LogP contribution in [0.4, 0.5) is 0 Å². The van der Waals surface area contributed by atoms with Gasteiger partial charge in [0.25, 0.3) is 5.91 Å². The summed E-state index contributed by atoms with van der Waals surface area (Å²) in [5, 5.41) is 0. The van der Waals surface area contributed by atoms with Crippen LogP contribution < -0.4 is 10.9 Å². The van der Waals surface area contributed by atoms with Gasteiger partial charge >= 0.3 is 0 Å². The fraction of sp³-hybridized carbons (Fsp3) is 0.300. The molecule has 1 aromatic carbocycles. The molecule has 5 heteroatoms. The average molecular weight is 273 g/mol. The van der Waals surface area contributed by atoms with E-state index in [2.05, 4.69) is 26.8 Å². The zero-order chi connectivity index (χ0) is 11.1. The Hall–Kier alpha value is -0.910. The molecule has 0 fully saturated rings. The molecule has 0 heterocycles. The van der Waals surface area contributed by atoms with Gasteiger partial charge in [0.05, 0.1) is 6.61 Å². The number of hydrogen-bond donors (Lipinski definition) is 2. The molecule has 1 aromatic rings. The van der Waals surface area contributed by atoms with Gasteiger partial charge in [-0.15, -0.1) is 0 Å². The predicted molar refractivity (Wildman–Crippen MR) is 61.0 cm³/mol. The Kier molecular flexibility index (Phi) is 5.31. The number of carbonyl (C=O) groups excluding carboxylic acids is 1. The fourth-order valence-electron chi connectivity index (χ4n) is 1.04. The third-order valence-electron chi connectivity index (χ3n) is 1.71. The van der Waals surface area contributed by atoms with E-state index in [-0.39, 0.29) is 12.5 Å². The fourth-order valence-corrected chi connectivity index (χ4v) is 1.44. The highest BCUT2D eigenvalue weighted by atomic mass is 79.9. The molecule has 4 nitrogen and oxygen atoms in total. The summed E-state index contributed by atoms with van der Waals surface area (Å²) < 4.78 is 6.22. The maximum Gasteiger partial charge on any atom is 0.260 e. The number of halogens is 1. The van der Waals surface area contributed by atoms with Gasteiger partial charge in [0.1, 0.15) is 6.61 Å². The van der Waals surface area contributed by atoms with Gasteiger partial charge in [0.2, 0.25) is 0 Å². The van der Waals surface area contributed by atoms with Gasteiger partial charge in [0, 0.05) is 11.5 Å². The Morgan fingerprint density at radius 2 is 2.20 bits per heavy atom. The van der Waals surface area contributed by atoms with E-state index in [4.69, 9.17) is 4.74 Å². The second-order valence-corrected chi connectivity index (χ2v) is 3.74. The molecule has 1 rings (SSSR count). The summed E-state index contributed by atoms with van der Waals surface area (Å²) in [6.45, 7) is 0.459. The highest BCUT2D eigenvalue weighted by molar-refractivity contribution is 9.10. The van der Waals surface area contributed by atoms with Crippen LogP contribution in [-0.2, 0) is 16.1 Å². The predicted octanol–water partition coefficient (Wildman–Crippen LogP) is 1.22. The molecule has 0 unspecified atom stereocenters. The van der Waals surface area contributed by atoms with Crippen LogP contribution in [-0.4, -0.2) is 19.6 Å². The standard InChI is InChI=1S/C10H13BrN2O2/c1-12-13-10(14)7-15-6-8-4-2-3-5-9(8)11/h2-5,12H,6-7H2,1H3,(H,13,14). The topological polar surface area (TPSA) is 50.4 Å². The molecular weight excluding hydrogens is 260 g/mol. The van der Waals surface area contributed by atoms with Crippen LogP contribution in [0.2, 0.25) is 0 Å². The molecule has 0 bridgehead atoms. The van der Waals surface area contributed by atoms with Crippen LogP contribution in [0, 0.1) is 0 Å². The summed E-state index contributed by atoms with van der Waals surface area (Å²) in [6.07, 6.45) is 0. The highest BCUT2D eigenvalue weighted by Crippen LogP contribution is 2.16. The summed E-state index contributed by atoms with van der Waals surface area (Å²) in [5.41, 5.74) is 5.98. The molecule has 2 N–H and O–H groups in total. The van der Waals surface area contributed by atoms with Crippen molar-refractivity contribution >= 4 is 21.8 Å². The monoisotopic (exact) mass is 272 g/mol. The van der Waals surface area contributed by atoms with Crippen LogP contribution in [0.1, 0.15) is 5.56 Å². The number of amides is 1. The van der Waals surface area contributed by atoms with E-state index in [1.165, 1.54) is 0 Å². The van der Waals surface area contributed by atoms with Gasteiger partial charge in [-0.25, -0.2) is 5.43 Å². The first kappa shape index (κ1) is 12.2. The van der Waals surface area contributed by atoms with Crippen molar-refractivity contribution in [2.24, 2.45) is 0 Å². The van der Waals surface area contributed by atoms with E-state index in [9.17, 15) is 4.79 Å². The molecule has 0 aliphatic carbocycles. The van der Waals surface area contributed by atoms with E-state index in [1.807, 2.05) is 24.3 Å². The summed E-state index contributed by atoms with van der Waals surface area (Å²) in [4.78, 5) is 11.0. The quantitative estimate of drug-likeness (QED) is 0.793. The van der Waals surface area contributed by atoms with Crippen molar-refractivity contribution in [1.82, 2.24) is 10.9 Å². The smallest absolute Gasteiger partial charge is 0.260 e. The summed E-state index contributed by atoms with van der Waals surface area (Å²) >= 11 is 3.40. The van der Waals surface area contributed by atoms with Gasteiger partial charge in [-0.05, 0) is 11.6 Å². The zero-order valence-corrected chi connectivity index (χ0v) is 10.0. The number of hydrazine groups is 1. The first-order valence-corrected chi connectivity index (χ1v) is 5.30. The van der Waals surface area contributed by atoms with Gasteiger partial charge in [-0.3, -0.25) is 10.2 Å². The Balaban J connectivity index is 2.32. The van der Waals surface area contributed by atoms with Crippen LogP contribution in [0.25, 0.3) is 0 Å². The van der Waals surface area contributed by atoms with Crippen molar-refractivity contribution in [3.05, 3.63) is 34.3 Å². The number of carbonyl (C=O) groups is 1. The Bertz CT molecular complexity index is 331. The minimum absolute atomic E-state index is 0.0438. The number of benzene rings is 1. The van der Waals surface area contributed by atoms with Crippen LogP contribution >= 0.6 is 15.9 Å². The molecule has 15 heavy (non-hydrogen) atoms. The molecule has 0 radical (unpaired) electrons. The number of nitrogens with one attached hydrogen (secondary N) is 2. The van der Waals surface area contributed by atoms with E-state index < -0.39 is 0 Å². The third-order valence-corrected chi connectivity index (χ3v) is 2.49. The molecule has 0 atom stereocenters. The lowest BCUT2D eigenvalue weighted by Gasteiger charge is -2.06. The first-order valence-electron chi connectivity index (χ1n) is 4.50. The van der Waals surface area contributed by atoms with Gasteiger partial charge in [-0.1, -0.05) is 34.1 Å². The largest absolute Gasteiger partial charge is 0.367 e. The normalized spacial score (nSPS) is 10.0. The molecule has 0 aromatic heterocycles. The average Bonchev–Trinajstić information content (AvgIpc) is 2.21. The van der Waals surface area contributed by atoms with Crippen molar-refractivity contribution in [2.45, 2.75) is 6.61 Å². The van der Waals surface area contributed by atoms with E-state index >= 15 is 0 Å². The maximum absolute atomic E-state index is 11.0. The Morgan fingerprint density at radius 3 is 2.87 bits per heavy atom. The van der Waals surface area contributed by atoms with Crippen molar-refractivity contribution < 1.29 is 9.53 Å². The summed E-state index contributed by atoms with van der Waals surface area (Å²) in [6, 6.07) is 7.74. The summed E-state index contributed by atoms with van der Waals surface area (Å²) in [5.74, 6) is -0.190. The molecular formula is C10H13BrN2O2. The third kappa shape index (κ3) is 4.42. The van der Waals surface area contributed by atoms with Crippen LogP contribution in [0.3, 0.4) is 0 Å². The molecule has 0 spiro atoms. The van der Waals surface area contributed by atoms with Crippen LogP contribution in [0.15, 0.2) is 28.7 Å². The SMILES string of the molecule is CNNC(=O)COCc1ccccc1Br. The Labute approximate surface area is 97.1 Å². The number of hydrogen-bond acceptors (Lipinski definition) is 3. The van der Waals surface area contributed by atoms with Crippen molar-refractivity contribution in [1.29, 1.82) is 0 Å². The van der Waals surface area contributed by atoms with Gasteiger partial charge < -0.3 is 4.74 Å². The Morgan fingerprint density at radius 1 is 1.47 bits per heavy atom. The lowest BCUT2D eigenvalue weighted by atomic mass is 10.2. The molecule has 0 aliphatic rings. The molecule has 0 saturated heterocycles. The van der Waals surface area contributed by atoms with Gasteiger partial charge in [0.15, 0.2) is 0 Å². The van der Waals surface area contributed by atoms with E-state index in [1.54, 1.807) is 7.05 Å². The minimum Gasteiger partial charge on any atom is -0.367 e. The van der Waals surface area contributed by atoms with E-state index in [0.29, 0.717) is 6.61 Å². The second-order valence-electron chi connectivity index (χ2n) is 2.88. The van der Waals surface area contributed by atoms with Crippen LogP contribution in [0.5, 0.6) is 0 Å². The molecule has 0 saturated carbocycles. The van der Waals surface area contributed by atoms with Crippen molar-refractivity contribution in [3.63, 3.8) is 0 Å². The molecule has 0 aliphatic heterocycles. The maximum atomic E-state index is 11.0. The van der Waals surface area contributed by atoms with Crippen molar-refractivity contribution in [2.75, 3.05) is 13.7 Å². The lowest BCUT2D eigenvalue weighted by molar-refractivity contribution is -0.126. The number of rotatable bonds is 5. The number of ether oxygens (including phenoxy) is 1.